The van der Waals surface area contributed by atoms with E-state index in [2.05, 4.69) is 4.90 Å². The predicted octanol–water partition coefficient (Wildman–Crippen LogP) is 6.02. The molecular weight excluding hydrogens is 442 g/mol. The lowest BCUT2D eigenvalue weighted by Crippen LogP contribution is -2.37. The summed E-state index contributed by atoms with van der Waals surface area (Å²) in [5.41, 5.74) is 2.43. The first-order valence-corrected chi connectivity index (χ1v) is 11.8. The van der Waals surface area contributed by atoms with Crippen molar-refractivity contribution >= 4 is 55.0 Å². The molecule has 0 aliphatic rings. The van der Waals surface area contributed by atoms with Gasteiger partial charge in [-0.25, -0.2) is 4.98 Å². The van der Waals surface area contributed by atoms with Gasteiger partial charge in [0.15, 0.2) is 5.13 Å². The fourth-order valence-electron chi connectivity index (χ4n) is 3.67. The van der Waals surface area contributed by atoms with Gasteiger partial charge >= 0.3 is 0 Å². The van der Waals surface area contributed by atoms with Gasteiger partial charge in [-0.2, -0.15) is 0 Å². The first-order valence-electron chi connectivity index (χ1n) is 10.6. The van der Waals surface area contributed by atoms with Crippen molar-refractivity contribution in [3.8, 4) is 5.75 Å². The van der Waals surface area contributed by atoms with Crippen molar-refractivity contribution in [2.45, 2.75) is 13.8 Å². The molecular formula is C25H26ClN3O2S. The molecule has 1 heterocycles. The van der Waals surface area contributed by atoms with Crippen LogP contribution in [0.1, 0.15) is 22.8 Å². The third-order valence-electron chi connectivity index (χ3n) is 5.34. The Morgan fingerprint density at radius 1 is 1.09 bits per heavy atom. The molecule has 5 nitrogen and oxygen atoms in total. The van der Waals surface area contributed by atoms with Crippen molar-refractivity contribution < 1.29 is 9.53 Å². The molecule has 0 saturated carbocycles. The third-order valence-corrected chi connectivity index (χ3v) is 6.88. The van der Waals surface area contributed by atoms with Gasteiger partial charge in [-0.3, -0.25) is 9.69 Å². The molecule has 3 aromatic carbocycles. The number of benzene rings is 3. The summed E-state index contributed by atoms with van der Waals surface area (Å²) in [6.07, 6.45) is 0. The minimum Gasteiger partial charge on any atom is -0.493 e. The number of halogens is 1. The van der Waals surface area contributed by atoms with E-state index in [1.807, 2.05) is 76.5 Å². The molecule has 1 aromatic heterocycles. The zero-order valence-corrected chi connectivity index (χ0v) is 20.3. The average molecular weight is 468 g/mol. The van der Waals surface area contributed by atoms with Crippen LogP contribution in [0.15, 0.2) is 48.5 Å². The number of amides is 1. The van der Waals surface area contributed by atoms with Crippen LogP contribution in [0.25, 0.3) is 21.0 Å². The second-order valence-corrected chi connectivity index (χ2v) is 9.28. The van der Waals surface area contributed by atoms with E-state index in [4.69, 9.17) is 21.3 Å². The lowest BCUT2D eigenvalue weighted by atomic mass is 10.0. The lowest BCUT2D eigenvalue weighted by Gasteiger charge is -2.24. The van der Waals surface area contributed by atoms with E-state index in [1.165, 1.54) is 11.3 Å². The summed E-state index contributed by atoms with van der Waals surface area (Å²) in [6, 6.07) is 15.6. The molecule has 0 atom stereocenters. The second-order valence-electron chi connectivity index (χ2n) is 7.89. The monoisotopic (exact) mass is 467 g/mol. The van der Waals surface area contributed by atoms with E-state index >= 15 is 0 Å². The van der Waals surface area contributed by atoms with Crippen molar-refractivity contribution in [3.05, 3.63) is 64.7 Å². The second kappa shape index (κ2) is 9.45. The van der Waals surface area contributed by atoms with Crippen molar-refractivity contribution in [3.63, 3.8) is 0 Å². The highest BCUT2D eigenvalue weighted by Gasteiger charge is 2.26. The standard InChI is InChI=1S/C25H26ClN3O2S/c1-5-31-20-13-11-17-8-6-7-9-18(17)21(20)24(30)29(15-14-28(3)4)25-27-22-16(2)10-12-19(26)23(22)32-25/h6-13H,5,14-15H2,1-4H3. The molecule has 0 aliphatic carbocycles. The molecule has 4 rings (SSSR count). The molecule has 0 bridgehead atoms. The largest absolute Gasteiger partial charge is 0.493 e. The first-order chi connectivity index (χ1) is 15.4. The summed E-state index contributed by atoms with van der Waals surface area (Å²) in [7, 11) is 3.98. The van der Waals surface area contributed by atoms with E-state index in [9.17, 15) is 4.79 Å². The number of hydrogen-bond donors (Lipinski definition) is 0. The fourth-order valence-corrected chi connectivity index (χ4v) is 5.01. The van der Waals surface area contributed by atoms with Gasteiger partial charge in [0.1, 0.15) is 5.75 Å². The first kappa shape index (κ1) is 22.5. The molecule has 0 N–H and O–H groups in total. The van der Waals surface area contributed by atoms with Crippen LogP contribution >= 0.6 is 22.9 Å². The summed E-state index contributed by atoms with van der Waals surface area (Å²) >= 11 is 7.90. The molecule has 0 radical (unpaired) electrons. The Labute approximate surface area is 197 Å². The van der Waals surface area contributed by atoms with Gasteiger partial charge in [0.25, 0.3) is 5.91 Å². The third kappa shape index (κ3) is 4.31. The molecule has 0 aliphatic heterocycles. The number of fused-ring (bicyclic) bond motifs is 2. The number of rotatable bonds is 7. The topological polar surface area (TPSA) is 45.7 Å². The van der Waals surface area contributed by atoms with Crippen LogP contribution in [0, 0.1) is 6.92 Å². The number of likely N-dealkylation sites (N-methyl/N-ethyl adjacent to an activating group) is 1. The van der Waals surface area contributed by atoms with Crippen molar-refractivity contribution in [2.24, 2.45) is 0 Å². The van der Waals surface area contributed by atoms with Gasteiger partial charge in [-0.05, 0) is 56.4 Å². The number of thiazole rings is 1. The molecule has 0 unspecified atom stereocenters. The molecule has 7 heteroatoms. The summed E-state index contributed by atoms with van der Waals surface area (Å²) in [6.45, 7) is 5.60. The number of hydrogen-bond acceptors (Lipinski definition) is 5. The summed E-state index contributed by atoms with van der Waals surface area (Å²) < 4.78 is 6.77. The Balaban J connectivity index is 1.88. The van der Waals surface area contributed by atoms with Crippen LogP contribution in [0.5, 0.6) is 5.75 Å². The number of carbonyl (C=O) groups excluding carboxylic acids is 1. The van der Waals surface area contributed by atoms with Crippen molar-refractivity contribution in [2.75, 3.05) is 38.7 Å². The Hall–Kier alpha value is -2.67. The van der Waals surface area contributed by atoms with Gasteiger partial charge in [-0.15, -0.1) is 0 Å². The number of ether oxygens (including phenoxy) is 1. The minimum atomic E-state index is -0.125. The lowest BCUT2D eigenvalue weighted by molar-refractivity contribution is 0.0983. The van der Waals surface area contributed by atoms with Gasteiger partial charge in [-0.1, -0.05) is 59.3 Å². The number of carbonyl (C=O) groups is 1. The molecule has 0 fully saturated rings. The summed E-state index contributed by atoms with van der Waals surface area (Å²) in [5.74, 6) is 0.460. The maximum Gasteiger partial charge on any atom is 0.264 e. The zero-order valence-electron chi connectivity index (χ0n) is 18.7. The van der Waals surface area contributed by atoms with Crippen molar-refractivity contribution in [1.29, 1.82) is 0 Å². The molecule has 0 saturated heterocycles. The zero-order chi connectivity index (χ0) is 22.8. The normalized spacial score (nSPS) is 11.4. The molecule has 32 heavy (non-hydrogen) atoms. The van der Waals surface area contributed by atoms with Crippen LogP contribution in [-0.4, -0.2) is 49.6 Å². The van der Waals surface area contributed by atoms with Crippen LogP contribution in [0.2, 0.25) is 5.02 Å². The predicted molar refractivity (Wildman–Crippen MR) is 135 cm³/mol. The number of aromatic nitrogens is 1. The van der Waals surface area contributed by atoms with E-state index in [1.54, 1.807) is 4.90 Å². The SMILES string of the molecule is CCOc1ccc2ccccc2c1C(=O)N(CCN(C)C)c1nc2c(C)ccc(Cl)c2s1. The Bertz CT molecular complexity index is 1250. The van der Waals surface area contributed by atoms with E-state index in [-0.39, 0.29) is 5.91 Å². The van der Waals surface area contributed by atoms with Crippen LogP contribution in [0.3, 0.4) is 0 Å². The highest BCUT2D eigenvalue weighted by molar-refractivity contribution is 7.23. The van der Waals surface area contributed by atoms with Crippen molar-refractivity contribution in [1.82, 2.24) is 9.88 Å². The van der Waals surface area contributed by atoms with E-state index in [0.29, 0.717) is 41.2 Å². The average Bonchev–Trinajstić information content (AvgIpc) is 3.23. The van der Waals surface area contributed by atoms with Crippen LogP contribution < -0.4 is 9.64 Å². The molecule has 4 aromatic rings. The fraction of sp³-hybridized carbons (Fsp3) is 0.280. The quantitative estimate of drug-likeness (QED) is 0.333. The van der Waals surface area contributed by atoms with Crippen LogP contribution in [0.4, 0.5) is 5.13 Å². The Morgan fingerprint density at radius 2 is 1.88 bits per heavy atom. The number of nitrogens with zero attached hydrogens (tertiary/aromatic N) is 3. The minimum absolute atomic E-state index is 0.125. The Kier molecular flexibility index (Phi) is 6.65. The Morgan fingerprint density at radius 3 is 2.59 bits per heavy atom. The number of aryl methyl sites for hydroxylation is 1. The number of anilines is 1. The summed E-state index contributed by atoms with van der Waals surface area (Å²) in [4.78, 5) is 22.7. The van der Waals surface area contributed by atoms with E-state index in [0.717, 1.165) is 26.6 Å². The molecule has 166 valence electrons. The van der Waals surface area contributed by atoms with Gasteiger partial charge in [0, 0.05) is 13.1 Å². The maximum atomic E-state index is 14.1. The smallest absolute Gasteiger partial charge is 0.264 e. The van der Waals surface area contributed by atoms with Gasteiger partial charge in [0.05, 0.1) is 27.4 Å². The highest BCUT2D eigenvalue weighted by Crippen LogP contribution is 2.37. The van der Waals surface area contributed by atoms with E-state index < -0.39 is 0 Å². The summed E-state index contributed by atoms with van der Waals surface area (Å²) in [5, 5.41) is 3.15. The highest BCUT2D eigenvalue weighted by atomic mass is 35.5. The molecule has 0 spiro atoms. The van der Waals surface area contributed by atoms with Crippen LogP contribution in [-0.2, 0) is 0 Å². The van der Waals surface area contributed by atoms with Gasteiger partial charge < -0.3 is 9.64 Å². The maximum absolute atomic E-state index is 14.1. The van der Waals surface area contributed by atoms with Gasteiger partial charge in [0.2, 0.25) is 0 Å². The molecule has 1 amide bonds.